The third-order valence-electron chi connectivity index (χ3n) is 5.36. The van der Waals surface area contributed by atoms with Crippen molar-refractivity contribution in [3.8, 4) is 0 Å². The monoisotopic (exact) mass is 410 g/mol. The molecule has 2 fully saturated rings. The summed E-state index contributed by atoms with van der Waals surface area (Å²) >= 11 is 1.72. The van der Waals surface area contributed by atoms with Crippen LogP contribution in [0.25, 0.3) is 0 Å². The number of rotatable bonds is 6. The van der Waals surface area contributed by atoms with Crippen molar-refractivity contribution in [2.45, 2.75) is 56.1 Å². The Kier molecular flexibility index (Phi) is 6.87. The smallest absolute Gasteiger partial charge is 0.243 e. The molecule has 27 heavy (non-hydrogen) atoms. The van der Waals surface area contributed by atoms with E-state index in [4.69, 9.17) is 0 Å². The molecule has 0 unspecified atom stereocenters. The van der Waals surface area contributed by atoms with Gasteiger partial charge in [-0.15, -0.1) is 11.8 Å². The Morgan fingerprint density at radius 1 is 1.11 bits per heavy atom. The van der Waals surface area contributed by atoms with Crippen LogP contribution in [0, 0.1) is 11.8 Å². The van der Waals surface area contributed by atoms with Crippen LogP contribution in [0.3, 0.4) is 0 Å². The maximum Gasteiger partial charge on any atom is 0.243 e. The van der Waals surface area contributed by atoms with Crippen LogP contribution in [0.4, 0.5) is 5.69 Å². The van der Waals surface area contributed by atoms with E-state index in [2.05, 4.69) is 19.2 Å². The van der Waals surface area contributed by atoms with Gasteiger partial charge in [0.15, 0.2) is 0 Å². The molecule has 0 radical (unpaired) electrons. The quantitative estimate of drug-likeness (QED) is 0.771. The highest BCUT2D eigenvalue weighted by Crippen LogP contribution is 2.30. The van der Waals surface area contributed by atoms with Crippen molar-refractivity contribution in [3.63, 3.8) is 0 Å². The van der Waals surface area contributed by atoms with Gasteiger partial charge in [-0.25, -0.2) is 8.42 Å². The number of hydrogen-bond donors (Lipinski definition) is 1. The number of thioether (sulfide) groups is 1. The van der Waals surface area contributed by atoms with Gasteiger partial charge in [0.1, 0.15) is 0 Å². The SMILES string of the molecule is C[C@H]1C[C@H](C)CN(S(=O)(=O)c2ccc(NC(=O)CSC3CCCC3)cc2)C1. The van der Waals surface area contributed by atoms with Crippen molar-refractivity contribution in [2.75, 3.05) is 24.2 Å². The van der Waals surface area contributed by atoms with E-state index in [9.17, 15) is 13.2 Å². The molecule has 5 nitrogen and oxygen atoms in total. The van der Waals surface area contributed by atoms with Crippen molar-refractivity contribution in [3.05, 3.63) is 24.3 Å². The molecule has 0 bridgehead atoms. The van der Waals surface area contributed by atoms with Gasteiger partial charge < -0.3 is 5.32 Å². The molecule has 150 valence electrons. The van der Waals surface area contributed by atoms with Crippen LogP contribution in [-0.4, -0.2) is 42.7 Å². The molecule has 1 saturated heterocycles. The first-order valence-electron chi connectivity index (χ1n) is 9.86. The minimum absolute atomic E-state index is 0.0267. The van der Waals surface area contributed by atoms with E-state index in [-0.39, 0.29) is 5.91 Å². The summed E-state index contributed by atoms with van der Waals surface area (Å²) in [6.07, 6.45) is 6.01. The summed E-state index contributed by atoms with van der Waals surface area (Å²) in [7, 11) is -3.48. The molecule has 0 aromatic heterocycles. The first-order valence-corrected chi connectivity index (χ1v) is 12.3. The van der Waals surface area contributed by atoms with Crippen molar-refractivity contribution in [1.29, 1.82) is 0 Å². The van der Waals surface area contributed by atoms with Crippen LogP contribution in [-0.2, 0) is 14.8 Å². The predicted octanol–water partition coefficient (Wildman–Crippen LogP) is 3.97. The summed E-state index contributed by atoms with van der Waals surface area (Å²) in [5.74, 6) is 1.17. The Morgan fingerprint density at radius 2 is 1.70 bits per heavy atom. The molecular weight excluding hydrogens is 380 g/mol. The fourth-order valence-electron chi connectivity index (χ4n) is 4.11. The average molecular weight is 411 g/mol. The van der Waals surface area contributed by atoms with Gasteiger partial charge in [0.2, 0.25) is 15.9 Å². The van der Waals surface area contributed by atoms with Crippen molar-refractivity contribution in [2.24, 2.45) is 11.8 Å². The fourth-order valence-corrected chi connectivity index (χ4v) is 6.91. The topological polar surface area (TPSA) is 66.5 Å². The minimum Gasteiger partial charge on any atom is -0.325 e. The molecule has 0 spiro atoms. The van der Waals surface area contributed by atoms with Gasteiger partial charge in [-0.3, -0.25) is 4.79 Å². The Labute approximate surface area is 167 Å². The Bertz CT molecular complexity index is 733. The molecular formula is C20H30N2O3S2. The number of carbonyl (C=O) groups is 1. The summed E-state index contributed by atoms with van der Waals surface area (Å²) in [4.78, 5) is 12.4. The number of carbonyl (C=O) groups excluding carboxylic acids is 1. The van der Waals surface area contributed by atoms with Gasteiger partial charge in [-0.2, -0.15) is 4.31 Å². The second kappa shape index (κ2) is 8.97. The maximum absolute atomic E-state index is 12.9. The zero-order valence-electron chi connectivity index (χ0n) is 16.2. The lowest BCUT2D eigenvalue weighted by Crippen LogP contribution is -2.42. The molecule has 1 heterocycles. The maximum atomic E-state index is 12.9. The Hall–Kier alpha value is -1.05. The van der Waals surface area contributed by atoms with E-state index in [0.717, 1.165) is 6.42 Å². The van der Waals surface area contributed by atoms with E-state index in [1.54, 1.807) is 40.3 Å². The number of nitrogens with one attached hydrogen (secondary N) is 1. The van der Waals surface area contributed by atoms with E-state index >= 15 is 0 Å². The average Bonchev–Trinajstić information content (AvgIpc) is 3.13. The number of hydrogen-bond acceptors (Lipinski definition) is 4. The molecule has 1 aliphatic carbocycles. The Balaban J connectivity index is 1.58. The second-order valence-corrected chi connectivity index (χ2v) is 11.3. The minimum atomic E-state index is -3.48. The number of sulfonamides is 1. The van der Waals surface area contributed by atoms with E-state index in [1.165, 1.54) is 25.7 Å². The first-order chi connectivity index (χ1) is 12.8. The first kappa shape index (κ1) is 20.7. The standard InChI is InChI=1S/C20H30N2O3S2/c1-15-11-16(2)13-22(12-15)27(24,25)19-9-7-17(8-10-19)21-20(23)14-26-18-5-3-4-6-18/h7-10,15-16,18H,3-6,11-14H2,1-2H3,(H,21,23)/t15-,16-/m0/s1. The van der Waals surface area contributed by atoms with Crippen LogP contribution in [0.15, 0.2) is 29.2 Å². The van der Waals surface area contributed by atoms with Gasteiger partial charge >= 0.3 is 0 Å². The van der Waals surface area contributed by atoms with Crippen LogP contribution in [0.2, 0.25) is 0 Å². The van der Waals surface area contributed by atoms with Crippen molar-refractivity contribution < 1.29 is 13.2 Å². The highest BCUT2D eigenvalue weighted by molar-refractivity contribution is 8.00. The van der Waals surface area contributed by atoms with Gasteiger partial charge in [-0.05, 0) is 55.4 Å². The lowest BCUT2D eigenvalue weighted by molar-refractivity contribution is -0.113. The molecule has 7 heteroatoms. The highest BCUT2D eigenvalue weighted by Gasteiger charge is 2.31. The van der Waals surface area contributed by atoms with E-state index in [1.807, 2.05) is 0 Å². The number of benzene rings is 1. The largest absolute Gasteiger partial charge is 0.325 e. The summed E-state index contributed by atoms with van der Waals surface area (Å²) in [6.45, 7) is 5.34. The number of amides is 1. The number of nitrogens with zero attached hydrogens (tertiary/aromatic N) is 1. The number of anilines is 1. The summed E-state index contributed by atoms with van der Waals surface area (Å²) < 4.78 is 27.4. The van der Waals surface area contributed by atoms with E-state index in [0.29, 0.717) is 46.5 Å². The highest BCUT2D eigenvalue weighted by atomic mass is 32.2. The molecule has 1 N–H and O–H groups in total. The molecule has 1 aliphatic heterocycles. The second-order valence-electron chi connectivity index (χ2n) is 8.06. The van der Waals surface area contributed by atoms with E-state index < -0.39 is 10.0 Å². The van der Waals surface area contributed by atoms with Gasteiger partial charge in [0.05, 0.1) is 10.6 Å². The Morgan fingerprint density at radius 3 is 2.30 bits per heavy atom. The third-order valence-corrected chi connectivity index (χ3v) is 8.58. The van der Waals surface area contributed by atoms with Crippen molar-refractivity contribution in [1.82, 2.24) is 4.31 Å². The molecule has 1 amide bonds. The lowest BCUT2D eigenvalue weighted by atomic mass is 9.94. The van der Waals surface area contributed by atoms with Crippen LogP contribution < -0.4 is 5.32 Å². The van der Waals surface area contributed by atoms with Crippen LogP contribution in [0.5, 0.6) is 0 Å². The third kappa shape index (κ3) is 5.48. The summed E-state index contributed by atoms with van der Waals surface area (Å²) in [6, 6.07) is 6.56. The molecule has 2 aliphatic rings. The lowest BCUT2D eigenvalue weighted by Gasteiger charge is -2.34. The van der Waals surface area contributed by atoms with Crippen LogP contribution >= 0.6 is 11.8 Å². The zero-order valence-corrected chi connectivity index (χ0v) is 17.8. The molecule has 1 aromatic carbocycles. The summed E-state index contributed by atoms with van der Waals surface area (Å²) in [5, 5.41) is 3.48. The number of piperidine rings is 1. The van der Waals surface area contributed by atoms with Crippen molar-refractivity contribution >= 4 is 33.4 Å². The molecule has 2 atom stereocenters. The fraction of sp³-hybridized carbons (Fsp3) is 0.650. The molecule has 1 saturated carbocycles. The normalized spacial score (nSPS) is 24.8. The predicted molar refractivity (Wildman–Crippen MR) is 111 cm³/mol. The van der Waals surface area contributed by atoms with Crippen LogP contribution in [0.1, 0.15) is 46.0 Å². The summed E-state index contributed by atoms with van der Waals surface area (Å²) in [5.41, 5.74) is 0.645. The molecule has 1 aromatic rings. The van der Waals surface area contributed by atoms with Gasteiger partial charge in [0.25, 0.3) is 0 Å². The zero-order chi connectivity index (χ0) is 19.4. The van der Waals surface area contributed by atoms with Gasteiger partial charge in [0, 0.05) is 24.0 Å². The van der Waals surface area contributed by atoms with Gasteiger partial charge in [-0.1, -0.05) is 26.7 Å². The molecule has 3 rings (SSSR count).